The Labute approximate surface area is 163 Å². The second kappa shape index (κ2) is 11.8. The molecule has 0 aromatic heterocycles. The molecule has 1 saturated heterocycles. The number of ether oxygens (including phenoxy) is 5. The van der Waals surface area contributed by atoms with E-state index < -0.39 is 17.9 Å². The number of carbonyl (C=O) groups excluding carboxylic acids is 3. The van der Waals surface area contributed by atoms with Crippen LogP contribution in [0.1, 0.15) is 32.1 Å². The van der Waals surface area contributed by atoms with Crippen LogP contribution in [0.15, 0.2) is 36.9 Å². The summed E-state index contributed by atoms with van der Waals surface area (Å²) < 4.78 is 25.9. The first-order chi connectivity index (χ1) is 13.6. The monoisotopic (exact) mass is 392 g/mol. The molecule has 1 aliphatic heterocycles. The summed E-state index contributed by atoms with van der Waals surface area (Å²) in [5, 5.41) is 0. The van der Waals surface area contributed by atoms with Crippen LogP contribution in [-0.4, -0.2) is 44.0 Å². The van der Waals surface area contributed by atoms with Crippen LogP contribution >= 0.6 is 0 Å². The molecule has 1 atom stereocenters. The topological polar surface area (TPSA) is 97.4 Å². The van der Waals surface area contributed by atoms with Gasteiger partial charge in [-0.3, -0.25) is 9.59 Å². The Hall–Kier alpha value is -2.87. The standard InChI is InChI=1S/C20H24O8/c1-2-17(21)24-13-14-25-18(22)10-11-19(23)27-15-6-8-16(9-7-15)28-20-5-3-4-12-26-20/h2,6-9,20H,1,3-5,10-14H2. The van der Waals surface area contributed by atoms with Gasteiger partial charge in [0, 0.05) is 12.5 Å². The van der Waals surface area contributed by atoms with Gasteiger partial charge in [-0.25, -0.2) is 4.79 Å². The normalized spacial score (nSPS) is 15.9. The summed E-state index contributed by atoms with van der Waals surface area (Å²) in [7, 11) is 0. The van der Waals surface area contributed by atoms with Gasteiger partial charge in [-0.1, -0.05) is 6.58 Å². The summed E-state index contributed by atoms with van der Waals surface area (Å²) in [6.45, 7) is 3.79. The predicted molar refractivity (Wildman–Crippen MR) is 97.6 cm³/mol. The maximum atomic E-state index is 11.8. The molecule has 1 aromatic rings. The fourth-order valence-electron chi connectivity index (χ4n) is 2.36. The van der Waals surface area contributed by atoms with E-state index in [9.17, 15) is 14.4 Å². The van der Waals surface area contributed by atoms with Gasteiger partial charge in [0.05, 0.1) is 19.4 Å². The van der Waals surface area contributed by atoms with Gasteiger partial charge in [0.15, 0.2) is 6.29 Å². The molecule has 0 radical (unpaired) electrons. The number of carbonyl (C=O) groups is 3. The Kier molecular flexibility index (Phi) is 9.00. The summed E-state index contributed by atoms with van der Waals surface area (Å²) in [6, 6.07) is 6.61. The van der Waals surface area contributed by atoms with E-state index in [0.717, 1.165) is 25.3 Å². The lowest BCUT2D eigenvalue weighted by molar-refractivity contribution is -0.151. The van der Waals surface area contributed by atoms with Crippen molar-refractivity contribution >= 4 is 17.9 Å². The Morgan fingerprint density at radius 1 is 1.00 bits per heavy atom. The van der Waals surface area contributed by atoms with Crippen molar-refractivity contribution < 1.29 is 38.1 Å². The van der Waals surface area contributed by atoms with Crippen molar-refractivity contribution in [3.8, 4) is 11.5 Å². The van der Waals surface area contributed by atoms with E-state index in [4.69, 9.17) is 18.9 Å². The smallest absolute Gasteiger partial charge is 0.330 e. The van der Waals surface area contributed by atoms with Crippen LogP contribution in [0.3, 0.4) is 0 Å². The third kappa shape index (κ3) is 8.22. The largest absolute Gasteiger partial charge is 0.465 e. The van der Waals surface area contributed by atoms with Crippen molar-refractivity contribution in [1.29, 1.82) is 0 Å². The van der Waals surface area contributed by atoms with Gasteiger partial charge in [0.25, 0.3) is 0 Å². The molecule has 0 amide bonds. The lowest BCUT2D eigenvalue weighted by atomic mass is 10.2. The van der Waals surface area contributed by atoms with Crippen LogP contribution in [0.5, 0.6) is 11.5 Å². The van der Waals surface area contributed by atoms with E-state index in [1.54, 1.807) is 24.3 Å². The van der Waals surface area contributed by atoms with Gasteiger partial charge in [0.2, 0.25) is 0 Å². The fourth-order valence-corrected chi connectivity index (χ4v) is 2.36. The van der Waals surface area contributed by atoms with Gasteiger partial charge in [-0.05, 0) is 37.1 Å². The first-order valence-corrected chi connectivity index (χ1v) is 9.10. The van der Waals surface area contributed by atoms with Gasteiger partial charge in [-0.2, -0.15) is 0 Å². The van der Waals surface area contributed by atoms with E-state index in [1.807, 2.05) is 0 Å². The summed E-state index contributed by atoms with van der Waals surface area (Å²) in [5.41, 5.74) is 0. The van der Waals surface area contributed by atoms with Gasteiger partial charge in [-0.15, -0.1) is 0 Å². The van der Waals surface area contributed by atoms with E-state index in [0.29, 0.717) is 18.1 Å². The zero-order chi connectivity index (χ0) is 20.2. The van der Waals surface area contributed by atoms with Crippen molar-refractivity contribution in [3.05, 3.63) is 36.9 Å². The van der Waals surface area contributed by atoms with Crippen LogP contribution in [0, 0.1) is 0 Å². The molecule has 1 heterocycles. The first kappa shape index (κ1) is 21.4. The molecule has 2 rings (SSSR count). The van der Waals surface area contributed by atoms with E-state index in [-0.39, 0.29) is 32.3 Å². The Balaban J connectivity index is 1.63. The van der Waals surface area contributed by atoms with Crippen LogP contribution < -0.4 is 9.47 Å². The van der Waals surface area contributed by atoms with E-state index in [2.05, 4.69) is 11.3 Å². The molecule has 0 spiro atoms. The molecular formula is C20H24O8. The Morgan fingerprint density at radius 3 is 2.36 bits per heavy atom. The summed E-state index contributed by atoms with van der Waals surface area (Å²) in [6.07, 6.45) is 3.49. The molecule has 1 fully saturated rings. The highest BCUT2D eigenvalue weighted by molar-refractivity contribution is 5.81. The van der Waals surface area contributed by atoms with Crippen LogP contribution in [0.4, 0.5) is 0 Å². The van der Waals surface area contributed by atoms with Crippen molar-refractivity contribution in [2.75, 3.05) is 19.8 Å². The van der Waals surface area contributed by atoms with Crippen LogP contribution in [0.2, 0.25) is 0 Å². The van der Waals surface area contributed by atoms with Crippen LogP contribution in [0.25, 0.3) is 0 Å². The first-order valence-electron chi connectivity index (χ1n) is 9.10. The van der Waals surface area contributed by atoms with Crippen LogP contribution in [-0.2, 0) is 28.6 Å². The highest BCUT2D eigenvalue weighted by Crippen LogP contribution is 2.22. The predicted octanol–water partition coefficient (Wildman–Crippen LogP) is 2.55. The molecule has 152 valence electrons. The average molecular weight is 392 g/mol. The molecule has 0 saturated carbocycles. The lowest BCUT2D eigenvalue weighted by Crippen LogP contribution is -2.24. The molecule has 1 aliphatic rings. The fraction of sp³-hybridized carbons (Fsp3) is 0.450. The number of esters is 3. The summed E-state index contributed by atoms with van der Waals surface area (Å²) in [4.78, 5) is 34.2. The average Bonchev–Trinajstić information content (AvgIpc) is 2.71. The summed E-state index contributed by atoms with van der Waals surface area (Å²) >= 11 is 0. The van der Waals surface area contributed by atoms with Gasteiger partial charge >= 0.3 is 17.9 Å². The minimum Gasteiger partial charge on any atom is -0.465 e. The number of benzene rings is 1. The molecule has 8 nitrogen and oxygen atoms in total. The molecule has 0 N–H and O–H groups in total. The lowest BCUT2D eigenvalue weighted by Gasteiger charge is -2.23. The molecule has 0 bridgehead atoms. The highest BCUT2D eigenvalue weighted by Gasteiger charge is 2.15. The maximum Gasteiger partial charge on any atom is 0.330 e. The minimum atomic E-state index is -0.595. The molecule has 28 heavy (non-hydrogen) atoms. The Morgan fingerprint density at radius 2 is 1.68 bits per heavy atom. The second-order valence-corrected chi connectivity index (χ2v) is 5.95. The molecule has 0 aliphatic carbocycles. The number of hydrogen-bond acceptors (Lipinski definition) is 8. The minimum absolute atomic E-state index is 0.0681. The third-order valence-corrected chi connectivity index (χ3v) is 3.75. The van der Waals surface area contributed by atoms with Gasteiger partial charge in [0.1, 0.15) is 24.7 Å². The van der Waals surface area contributed by atoms with Crippen molar-refractivity contribution in [1.82, 2.24) is 0 Å². The van der Waals surface area contributed by atoms with Crippen molar-refractivity contribution in [2.24, 2.45) is 0 Å². The highest BCUT2D eigenvalue weighted by atomic mass is 16.7. The molecule has 1 aromatic carbocycles. The number of rotatable bonds is 10. The Bertz CT molecular complexity index is 661. The summed E-state index contributed by atoms with van der Waals surface area (Å²) in [5.74, 6) is -0.747. The van der Waals surface area contributed by atoms with E-state index >= 15 is 0 Å². The van der Waals surface area contributed by atoms with Crippen molar-refractivity contribution in [3.63, 3.8) is 0 Å². The third-order valence-electron chi connectivity index (χ3n) is 3.75. The molecule has 8 heteroatoms. The quantitative estimate of drug-likeness (QED) is 0.259. The SMILES string of the molecule is C=CC(=O)OCCOC(=O)CCC(=O)Oc1ccc(OC2CCCCO2)cc1. The van der Waals surface area contributed by atoms with Crippen molar-refractivity contribution in [2.45, 2.75) is 38.4 Å². The zero-order valence-electron chi connectivity index (χ0n) is 15.6. The number of hydrogen-bond donors (Lipinski definition) is 0. The molecular weight excluding hydrogens is 368 g/mol. The van der Waals surface area contributed by atoms with Gasteiger partial charge < -0.3 is 23.7 Å². The second-order valence-electron chi connectivity index (χ2n) is 5.95. The molecule has 1 unspecified atom stereocenters. The zero-order valence-corrected chi connectivity index (χ0v) is 15.6. The maximum absolute atomic E-state index is 11.8. The van der Waals surface area contributed by atoms with E-state index in [1.165, 1.54) is 0 Å².